The van der Waals surface area contributed by atoms with E-state index >= 15 is 0 Å². The molecule has 0 saturated heterocycles. The van der Waals surface area contributed by atoms with Gasteiger partial charge in [-0.05, 0) is 43.7 Å². The molecule has 2 aromatic carbocycles. The summed E-state index contributed by atoms with van der Waals surface area (Å²) < 4.78 is 32.6. The highest BCUT2D eigenvalue weighted by molar-refractivity contribution is 7.92. The van der Waals surface area contributed by atoms with Crippen molar-refractivity contribution < 1.29 is 17.9 Å². The fraction of sp³-hybridized carbons (Fsp3) is 0.350. The van der Waals surface area contributed by atoms with E-state index in [9.17, 15) is 13.2 Å². The van der Waals surface area contributed by atoms with Gasteiger partial charge in [-0.1, -0.05) is 43.1 Å². The zero-order chi connectivity index (χ0) is 20.7. The van der Waals surface area contributed by atoms with Gasteiger partial charge in [0.2, 0.25) is 5.91 Å². The first-order chi connectivity index (χ1) is 13.3. The average molecular weight is 425 g/mol. The molecule has 0 bridgehead atoms. The van der Waals surface area contributed by atoms with Crippen LogP contribution in [0.1, 0.15) is 26.7 Å². The molecule has 0 aliphatic rings. The molecule has 0 aromatic heterocycles. The van der Waals surface area contributed by atoms with Crippen molar-refractivity contribution in [1.29, 1.82) is 0 Å². The van der Waals surface area contributed by atoms with Gasteiger partial charge in [0.05, 0.1) is 22.7 Å². The number of amides is 1. The van der Waals surface area contributed by atoms with Gasteiger partial charge in [-0.3, -0.25) is 9.10 Å². The minimum Gasteiger partial charge on any atom is -0.495 e. The summed E-state index contributed by atoms with van der Waals surface area (Å²) in [5.41, 5.74) is 0.285. The van der Waals surface area contributed by atoms with Gasteiger partial charge in [-0.15, -0.1) is 0 Å². The summed E-state index contributed by atoms with van der Waals surface area (Å²) in [6, 6.07) is 12.5. The lowest BCUT2D eigenvalue weighted by Gasteiger charge is -2.25. The van der Waals surface area contributed by atoms with Crippen LogP contribution < -0.4 is 14.4 Å². The number of nitrogens with zero attached hydrogens (tertiary/aromatic N) is 1. The van der Waals surface area contributed by atoms with E-state index in [1.807, 2.05) is 13.8 Å². The van der Waals surface area contributed by atoms with E-state index in [1.54, 1.807) is 30.3 Å². The zero-order valence-electron chi connectivity index (χ0n) is 16.2. The van der Waals surface area contributed by atoms with Crippen molar-refractivity contribution in [3.63, 3.8) is 0 Å². The molecule has 0 heterocycles. The number of rotatable bonds is 9. The van der Waals surface area contributed by atoms with Gasteiger partial charge >= 0.3 is 0 Å². The maximum atomic E-state index is 13.2. The highest BCUT2D eigenvalue weighted by atomic mass is 35.5. The molecule has 2 rings (SSSR count). The molecule has 0 spiro atoms. The first-order valence-corrected chi connectivity index (χ1v) is 10.8. The maximum absolute atomic E-state index is 13.2. The van der Waals surface area contributed by atoms with E-state index in [-0.39, 0.29) is 34.1 Å². The topological polar surface area (TPSA) is 75.7 Å². The fourth-order valence-corrected chi connectivity index (χ4v) is 4.49. The second-order valence-electron chi connectivity index (χ2n) is 6.40. The smallest absolute Gasteiger partial charge is 0.264 e. The van der Waals surface area contributed by atoms with Crippen LogP contribution in [0.25, 0.3) is 0 Å². The molecule has 0 radical (unpaired) electrons. The molecule has 0 unspecified atom stereocenters. The number of anilines is 1. The first-order valence-electron chi connectivity index (χ1n) is 9.00. The predicted octanol–water partition coefficient (Wildman–Crippen LogP) is 3.85. The number of hydrogen-bond acceptors (Lipinski definition) is 4. The van der Waals surface area contributed by atoms with Crippen molar-refractivity contribution in [2.75, 3.05) is 18.0 Å². The Balaban J connectivity index is 2.41. The largest absolute Gasteiger partial charge is 0.495 e. The summed E-state index contributed by atoms with van der Waals surface area (Å²) in [6.45, 7) is 3.56. The van der Waals surface area contributed by atoms with Crippen molar-refractivity contribution in [3.8, 4) is 5.75 Å². The Morgan fingerprint density at radius 2 is 1.89 bits per heavy atom. The lowest BCUT2D eigenvalue weighted by atomic mass is 10.2. The number of benzene rings is 2. The Labute approximate surface area is 171 Å². The quantitative estimate of drug-likeness (QED) is 0.663. The minimum absolute atomic E-state index is 0.0433. The summed E-state index contributed by atoms with van der Waals surface area (Å²) in [7, 11) is -2.49. The van der Waals surface area contributed by atoms with Gasteiger partial charge in [-0.2, -0.15) is 0 Å². The van der Waals surface area contributed by atoms with Crippen molar-refractivity contribution in [2.24, 2.45) is 0 Å². The van der Waals surface area contributed by atoms with Crippen LogP contribution in [0.3, 0.4) is 0 Å². The minimum atomic E-state index is -3.96. The Bertz CT molecular complexity index is 904. The lowest BCUT2D eigenvalue weighted by molar-refractivity contribution is -0.120. The molecule has 152 valence electrons. The van der Waals surface area contributed by atoms with Crippen molar-refractivity contribution in [1.82, 2.24) is 5.32 Å². The first kappa shape index (κ1) is 22.0. The highest BCUT2D eigenvalue weighted by Crippen LogP contribution is 2.31. The summed E-state index contributed by atoms with van der Waals surface area (Å²) in [4.78, 5) is 12.6. The van der Waals surface area contributed by atoms with E-state index in [2.05, 4.69) is 5.32 Å². The van der Waals surface area contributed by atoms with Crippen LogP contribution in [-0.2, 0) is 14.8 Å². The number of halogens is 1. The number of hydrogen-bond donors (Lipinski definition) is 1. The number of nitrogens with one attached hydrogen (secondary N) is 1. The number of carbonyl (C=O) groups excluding carboxylic acids is 1. The summed E-state index contributed by atoms with van der Waals surface area (Å²) in [6.07, 6.45) is 1.73. The molecule has 8 heteroatoms. The third kappa shape index (κ3) is 5.39. The van der Waals surface area contributed by atoms with E-state index in [1.165, 1.54) is 25.3 Å². The molecule has 0 fully saturated rings. The number of sulfonamides is 1. The SMILES string of the molecule is CCC[C@H](C)NC(=O)CN(c1ccc(OC)c(Cl)c1)S(=O)(=O)c1ccccc1. The van der Waals surface area contributed by atoms with Crippen LogP contribution in [0.5, 0.6) is 5.75 Å². The van der Waals surface area contributed by atoms with Gasteiger partial charge in [0.15, 0.2) is 0 Å². The van der Waals surface area contributed by atoms with Gasteiger partial charge < -0.3 is 10.1 Å². The lowest BCUT2D eigenvalue weighted by Crippen LogP contribution is -2.43. The Morgan fingerprint density at radius 3 is 2.46 bits per heavy atom. The monoisotopic (exact) mass is 424 g/mol. The third-order valence-electron chi connectivity index (χ3n) is 4.17. The standard InChI is InChI=1S/C20H25ClN2O4S/c1-4-8-15(2)22-20(24)14-23(16-11-12-19(27-3)18(21)13-16)28(25,26)17-9-6-5-7-10-17/h5-7,9-13,15H,4,8,14H2,1-3H3,(H,22,24)/t15-/m0/s1. The van der Waals surface area contributed by atoms with E-state index in [0.717, 1.165) is 17.1 Å². The van der Waals surface area contributed by atoms with E-state index < -0.39 is 10.0 Å². The molecule has 1 N–H and O–H groups in total. The molecule has 6 nitrogen and oxygen atoms in total. The van der Waals surface area contributed by atoms with Crippen LogP contribution >= 0.6 is 11.6 Å². The molecule has 1 amide bonds. The number of carbonyl (C=O) groups is 1. The Morgan fingerprint density at radius 1 is 1.21 bits per heavy atom. The van der Waals surface area contributed by atoms with Crippen LogP contribution in [0, 0.1) is 0 Å². The van der Waals surface area contributed by atoms with Crippen molar-refractivity contribution in [2.45, 2.75) is 37.6 Å². The second-order valence-corrected chi connectivity index (χ2v) is 8.67. The zero-order valence-corrected chi connectivity index (χ0v) is 17.8. The predicted molar refractivity (Wildman–Crippen MR) is 111 cm³/mol. The van der Waals surface area contributed by atoms with Crippen LogP contribution in [0.15, 0.2) is 53.4 Å². The fourth-order valence-electron chi connectivity index (χ4n) is 2.80. The van der Waals surface area contributed by atoms with Gasteiger partial charge in [0.25, 0.3) is 10.0 Å². The molecule has 0 saturated carbocycles. The van der Waals surface area contributed by atoms with Gasteiger partial charge in [0, 0.05) is 6.04 Å². The van der Waals surface area contributed by atoms with Crippen LogP contribution in [-0.4, -0.2) is 34.0 Å². The Hall–Kier alpha value is -2.25. The molecule has 0 aliphatic carbocycles. The molecule has 0 aliphatic heterocycles. The summed E-state index contributed by atoms with van der Waals surface area (Å²) >= 11 is 6.18. The van der Waals surface area contributed by atoms with Gasteiger partial charge in [-0.25, -0.2) is 8.42 Å². The third-order valence-corrected chi connectivity index (χ3v) is 6.25. The number of ether oxygens (including phenoxy) is 1. The maximum Gasteiger partial charge on any atom is 0.264 e. The summed E-state index contributed by atoms with van der Waals surface area (Å²) in [5, 5.41) is 3.10. The van der Waals surface area contributed by atoms with Crippen LogP contribution in [0.4, 0.5) is 5.69 Å². The molecule has 2 aromatic rings. The van der Waals surface area contributed by atoms with E-state index in [0.29, 0.717) is 5.75 Å². The van der Waals surface area contributed by atoms with Crippen LogP contribution in [0.2, 0.25) is 5.02 Å². The highest BCUT2D eigenvalue weighted by Gasteiger charge is 2.28. The second kappa shape index (κ2) is 9.80. The number of methoxy groups -OCH3 is 1. The van der Waals surface area contributed by atoms with Gasteiger partial charge in [0.1, 0.15) is 12.3 Å². The molecular weight excluding hydrogens is 400 g/mol. The van der Waals surface area contributed by atoms with E-state index in [4.69, 9.17) is 16.3 Å². The average Bonchev–Trinajstić information content (AvgIpc) is 2.66. The normalized spacial score (nSPS) is 12.3. The molecule has 1 atom stereocenters. The molecule has 28 heavy (non-hydrogen) atoms. The van der Waals surface area contributed by atoms with Crippen molar-refractivity contribution in [3.05, 3.63) is 53.6 Å². The molecular formula is C20H25ClN2O4S. The van der Waals surface area contributed by atoms with Crippen molar-refractivity contribution >= 4 is 33.2 Å². The summed E-state index contributed by atoms with van der Waals surface area (Å²) in [5.74, 6) is 0.0379. The Kier molecular flexibility index (Phi) is 7.71.